The summed E-state index contributed by atoms with van der Waals surface area (Å²) in [7, 11) is 1.76. The number of amides is 1. The van der Waals surface area contributed by atoms with E-state index in [1.807, 2.05) is 36.4 Å². The molecule has 2 aromatic carbocycles. The normalized spacial score (nSPS) is 20.5. The van der Waals surface area contributed by atoms with E-state index < -0.39 is 0 Å². The maximum atomic E-state index is 12.6. The summed E-state index contributed by atoms with van der Waals surface area (Å²) in [5, 5.41) is 1.31. The molecule has 23 heavy (non-hydrogen) atoms. The van der Waals surface area contributed by atoms with Crippen LogP contribution < -0.4 is 15.8 Å². The maximum absolute atomic E-state index is 12.6. The van der Waals surface area contributed by atoms with Crippen molar-refractivity contribution >= 4 is 34.8 Å². The van der Waals surface area contributed by atoms with Crippen molar-refractivity contribution in [3.8, 4) is 0 Å². The number of nitrogens with zero attached hydrogens (tertiary/aromatic N) is 1. The van der Waals surface area contributed by atoms with Crippen molar-refractivity contribution in [2.75, 3.05) is 11.9 Å². The van der Waals surface area contributed by atoms with Crippen molar-refractivity contribution in [3.05, 3.63) is 64.1 Å². The Morgan fingerprint density at radius 3 is 2.52 bits per heavy atom. The fourth-order valence-electron chi connectivity index (χ4n) is 2.68. The number of anilines is 1. The minimum absolute atomic E-state index is 0.00349. The number of carbonyl (C=O) groups excluding carboxylic acids is 1. The molecule has 6 heteroatoms. The van der Waals surface area contributed by atoms with Crippen molar-refractivity contribution in [1.29, 1.82) is 0 Å². The number of carbonyl (C=O) groups is 1. The van der Waals surface area contributed by atoms with Crippen LogP contribution in [-0.2, 0) is 4.79 Å². The summed E-state index contributed by atoms with van der Waals surface area (Å²) in [5.74, 6) is -0.00349. The quantitative estimate of drug-likeness (QED) is 0.890. The Morgan fingerprint density at radius 1 is 1.09 bits per heavy atom. The average molecular weight is 350 g/mol. The number of hydrogen-bond acceptors (Lipinski definition) is 3. The van der Waals surface area contributed by atoms with Gasteiger partial charge in [0, 0.05) is 28.8 Å². The highest BCUT2D eigenvalue weighted by molar-refractivity contribution is 6.31. The molecule has 0 aliphatic carbocycles. The molecule has 1 aliphatic heterocycles. The molecule has 0 aromatic heterocycles. The van der Waals surface area contributed by atoms with Crippen molar-refractivity contribution in [2.45, 2.75) is 18.5 Å². The third kappa shape index (κ3) is 3.67. The van der Waals surface area contributed by atoms with Crippen LogP contribution in [0.4, 0.5) is 5.69 Å². The second-order valence-corrected chi connectivity index (χ2v) is 6.43. The molecule has 3 rings (SSSR count). The number of rotatable bonds is 3. The second kappa shape index (κ2) is 6.89. The van der Waals surface area contributed by atoms with Crippen molar-refractivity contribution in [2.24, 2.45) is 0 Å². The summed E-state index contributed by atoms with van der Waals surface area (Å²) in [4.78, 5) is 14.3. The summed E-state index contributed by atoms with van der Waals surface area (Å²) in [5.41, 5.74) is 8.13. The van der Waals surface area contributed by atoms with Crippen LogP contribution in [0.1, 0.15) is 18.0 Å². The Balaban J connectivity index is 1.68. The molecular weight excluding hydrogens is 333 g/mol. The molecule has 1 fully saturated rings. The molecule has 0 radical (unpaired) electrons. The molecule has 1 amide bonds. The van der Waals surface area contributed by atoms with Gasteiger partial charge >= 0.3 is 0 Å². The van der Waals surface area contributed by atoms with E-state index in [1.54, 1.807) is 24.1 Å². The predicted octanol–water partition coefficient (Wildman–Crippen LogP) is 3.56. The van der Waals surface area contributed by atoms with Gasteiger partial charge in [-0.2, -0.15) is 0 Å². The first-order valence-corrected chi connectivity index (χ1v) is 8.10. The smallest absolute Gasteiger partial charge is 0.245 e. The van der Waals surface area contributed by atoms with Gasteiger partial charge in [0.2, 0.25) is 5.91 Å². The molecule has 1 saturated heterocycles. The summed E-state index contributed by atoms with van der Waals surface area (Å²) < 4.78 is 0. The minimum atomic E-state index is -0.292. The van der Waals surface area contributed by atoms with Crippen molar-refractivity contribution in [3.63, 3.8) is 0 Å². The molecule has 2 atom stereocenters. The Labute approximate surface area is 145 Å². The Morgan fingerprint density at radius 2 is 1.83 bits per heavy atom. The second-order valence-electron chi connectivity index (χ2n) is 5.56. The summed E-state index contributed by atoms with van der Waals surface area (Å²) in [6.45, 7) is 0. The highest BCUT2D eigenvalue weighted by atomic mass is 35.5. The lowest BCUT2D eigenvalue weighted by atomic mass is 10.0. The summed E-state index contributed by atoms with van der Waals surface area (Å²) in [6, 6.07) is 14.7. The zero-order valence-electron chi connectivity index (χ0n) is 12.6. The van der Waals surface area contributed by atoms with E-state index in [0.717, 1.165) is 11.3 Å². The Kier molecular flexibility index (Phi) is 4.87. The van der Waals surface area contributed by atoms with Crippen LogP contribution >= 0.6 is 23.2 Å². The van der Waals surface area contributed by atoms with Crippen LogP contribution in [-0.4, -0.2) is 19.0 Å². The van der Waals surface area contributed by atoms with Gasteiger partial charge in [0.15, 0.2) is 0 Å². The van der Waals surface area contributed by atoms with Gasteiger partial charge in [0.05, 0.1) is 0 Å². The first-order valence-electron chi connectivity index (χ1n) is 7.34. The summed E-state index contributed by atoms with van der Waals surface area (Å²) in [6.07, 6.45) is 0.672. The van der Waals surface area contributed by atoms with Gasteiger partial charge in [-0.15, -0.1) is 0 Å². The molecule has 2 unspecified atom stereocenters. The first-order chi connectivity index (χ1) is 11.0. The lowest BCUT2D eigenvalue weighted by Crippen LogP contribution is -2.44. The largest absolute Gasteiger partial charge is 0.314 e. The van der Waals surface area contributed by atoms with Gasteiger partial charge in [-0.3, -0.25) is 4.79 Å². The molecule has 1 aliphatic rings. The zero-order chi connectivity index (χ0) is 16.4. The van der Waals surface area contributed by atoms with Gasteiger partial charge < -0.3 is 4.90 Å². The average Bonchev–Trinajstić information content (AvgIpc) is 3.04. The number of likely N-dealkylation sites (N-methyl/N-ethyl adjacent to an activating group) is 1. The highest BCUT2D eigenvalue weighted by Gasteiger charge is 2.32. The number of nitrogens with one attached hydrogen (secondary N) is 2. The van der Waals surface area contributed by atoms with Crippen LogP contribution in [0.5, 0.6) is 0 Å². The van der Waals surface area contributed by atoms with Gasteiger partial charge in [-0.05, 0) is 42.3 Å². The molecule has 120 valence electrons. The van der Waals surface area contributed by atoms with Gasteiger partial charge in [0.25, 0.3) is 0 Å². The molecule has 2 N–H and O–H groups in total. The molecule has 4 nitrogen and oxygen atoms in total. The van der Waals surface area contributed by atoms with E-state index in [1.165, 1.54) is 0 Å². The van der Waals surface area contributed by atoms with Gasteiger partial charge in [-0.1, -0.05) is 41.4 Å². The standard InChI is InChI=1S/C17H17Cl2N3O/c1-22(14-4-2-3-13(19)9-14)17(23)16-10-15(20-21-16)11-5-7-12(18)8-6-11/h2-9,15-16,20-21H,10H2,1H3. The van der Waals surface area contributed by atoms with Crippen LogP contribution in [0, 0.1) is 0 Å². The lowest BCUT2D eigenvalue weighted by Gasteiger charge is -2.21. The fourth-order valence-corrected chi connectivity index (χ4v) is 2.99. The lowest BCUT2D eigenvalue weighted by molar-refractivity contribution is -0.120. The van der Waals surface area contributed by atoms with Crippen LogP contribution in [0.2, 0.25) is 10.0 Å². The molecule has 0 saturated carbocycles. The van der Waals surface area contributed by atoms with Crippen molar-refractivity contribution in [1.82, 2.24) is 10.9 Å². The van der Waals surface area contributed by atoms with E-state index in [-0.39, 0.29) is 18.0 Å². The van der Waals surface area contributed by atoms with Gasteiger partial charge in [-0.25, -0.2) is 10.9 Å². The molecular formula is C17H17Cl2N3O. The number of benzene rings is 2. The van der Waals surface area contributed by atoms with Crippen LogP contribution in [0.25, 0.3) is 0 Å². The highest BCUT2D eigenvalue weighted by Crippen LogP contribution is 2.26. The molecule has 0 spiro atoms. The number of hydrazine groups is 1. The maximum Gasteiger partial charge on any atom is 0.245 e. The molecule has 0 bridgehead atoms. The fraction of sp³-hybridized carbons (Fsp3) is 0.235. The van der Waals surface area contributed by atoms with Gasteiger partial charge in [0.1, 0.15) is 6.04 Å². The van der Waals surface area contributed by atoms with Crippen LogP contribution in [0.3, 0.4) is 0 Å². The topological polar surface area (TPSA) is 44.4 Å². The third-order valence-corrected chi connectivity index (χ3v) is 4.49. The van der Waals surface area contributed by atoms with Crippen molar-refractivity contribution < 1.29 is 4.79 Å². The third-order valence-electron chi connectivity index (χ3n) is 4.00. The van der Waals surface area contributed by atoms with E-state index in [9.17, 15) is 4.79 Å². The number of hydrogen-bond donors (Lipinski definition) is 2. The van der Waals surface area contributed by atoms with E-state index >= 15 is 0 Å². The first kappa shape index (κ1) is 16.3. The van der Waals surface area contributed by atoms with Crippen LogP contribution in [0.15, 0.2) is 48.5 Å². The minimum Gasteiger partial charge on any atom is -0.314 e. The molecule has 1 heterocycles. The predicted molar refractivity (Wildman–Crippen MR) is 93.7 cm³/mol. The SMILES string of the molecule is CN(C(=O)C1CC(c2ccc(Cl)cc2)NN1)c1cccc(Cl)c1. The molecule has 2 aromatic rings. The number of halogens is 2. The van der Waals surface area contributed by atoms with E-state index in [2.05, 4.69) is 10.9 Å². The monoisotopic (exact) mass is 349 g/mol. The Hall–Kier alpha value is -1.59. The van der Waals surface area contributed by atoms with E-state index in [0.29, 0.717) is 16.5 Å². The Bertz CT molecular complexity index is 705. The van der Waals surface area contributed by atoms with E-state index in [4.69, 9.17) is 23.2 Å². The zero-order valence-corrected chi connectivity index (χ0v) is 14.1. The summed E-state index contributed by atoms with van der Waals surface area (Å²) >= 11 is 11.9.